The van der Waals surface area contributed by atoms with Crippen molar-refractivity contribution < 1.29 is 4.79 Å². The van der Waals surface area contributed by atoms with E-state index >= 15 is 0 Å². The first-order valence-corrected chi connectivity index (χ1v) is 5.34. The first-order valence-electron chi connectivity index (χ1n) is 4.35. The predicted octanol–water partition coefficient (Wildman–Crippen LogP) is 2.08. The molecular weight excluding hydrogens is 179 g/mol. The molecule has 0 heterocycles. The molecule has 1 atom stereocenters. The molecule has 0 aliphatic heterocycles. The zero-order valence-corrected chi connectivity index (χ0v) is 8.64. The second kappa shape index (κ2) is 5.23. The quantitative estimate of drug-likeness (QED) is 0.634. The summed E-state index contributed by atoms with van der Waals surface area (Å²) in [6.07, 6.45) is 7.39. The van der Waals surface area contributed by atoms with Crippen molar-refractivity contribution in [2.24, 2.45) is 0 Å². The van der Waals surface area contributed by atoms with Crippen LogP contribution < -0.4 is 0 Å². The number of hydrogen-bond donors (Lipinski definition) is 0. The molecule has 13 heavy (non-hydrogen) atoms. The molecule has 0 radical (unpaired) electrons. The van der Waals surface area contributed by atoms with E-state index in [1.807, 2.05) is 6.92 Å². The van der Waals surface area contributed by atoms with Crippen LogP contribution in [0.4, 0.5) is 0 Å². The average Bonchev–Trinajstić information content (AvgIpc) is 2.15. The molecule has 0 saturated carbocycles. The molecule has 0 fully saturated rings. The van der Waals surface area contributed by atoms with Gasteiger partial charge in [0.05, 0.1) is 0 Å². The summed E-state index contributed by atoms with van der Waals surface area (Å²) < 4.78 is 0. The summed E-state index contributed by atoms with van der Waals surface area (Å²) >= 11 is 1.61. The molecule has 0 saturated heterocycles. The molecular formula is C10H13BOS. The fourth-order valence-corrected chi connectivity index (χ4v) is 1.84. The first kappa shape index (κ1) is 10.5. The van der Waals surface area contributed by atoms with E-state index in [0.29, 0.717) is 11.6 Å². The monoisotopic (exact) mass is 192 g/mol. The van der Waals surface area contributed by atoms with E-state index in [2.05, 4.69) is 24.7 Å². The molecule has 0 spiro atoms. The third-order valence-corrected chi connectivity index (χ3v) is 3.03. The Bertz CT molecular complexity index is 268. The predicted molar refractivity (Wildman–Crippen MR) is 61.6 cm³/mol. The van der Waals surface area contributed by atoms with Crippen molar-refractivity contribution in [1.29, 1.82) is 0 Å². The fraction of sp³-hybridized carbons (Fsp3) is 0.400. The average molecular weight is 192 g/mol. The molecule has 0 aromatic heterocycles. The van der Waals surface area contributed by atoms with Crippen LogP contribution >= 0.6 is 11.8 Å². The van der Waals surface area contributed by atoms with Crippen molar-refractivity contribution in [2.75, 3.05) is 5.75 Å². The Labute approximate surface area is 84.2 Å². The summed E-state index contributed by atoms with van der Waals surface area (Å²) in [5.74, 6) is 1.28. The SMILES string of the molecule is C=BC1C=CC(SCC(C)=O)=CC1. The van der Waals surface area contributed by atoms with Crippen LogP contribution in [0.25, 0.3) is 0 Å². The third-order valence-electron chi connectivity index (χ3n) is 1.84. The van der Waals surface area contributed by atoms with Gasteiger partial charge < -0.3 is 0 Å². The second-order valence-electron chi connectivity index (χ2n) is 3.09. The van der Waals surface area contributed by atoms with Gasteiger partial charge in [0.25, 0.3) is 0 Å². The van der Waals surface area contributed by atoms with E-state index in [-0.39, 0.29) is 5.78 Å². The van der Waals surface area contributed by atoms with Crippen molar-refractivity contribution in [3.05, 3.63) is 23.1 Å². The van der Waals surface area contributed by atoms with E-state index in [1.165, 1.54) is 4.91 Å². The van der Waals surface area contributed by atoms with Gasteiger partial charge in [-0.05, 0) is 0 Å². The van der Waals surface area contributed by atoms with Crippen LogP contribution in [0.1, 0.15) is 13.3 Å². The molecule has 0 bridgehead atoms. The summed E-state index contributed by atoms with van der Waals surface area (Å²) in [6, 6.07) is 0. The molecule has 1 aliphatic rings. The Hall–Kier alpha value is -0.565. The third kappa shape index (κ3) is 3.77. The zero-order chi connectivity index (χ0) is 9.68. The van der Waals surface area contributed by atoms with Crippen molar-refractivity contribution in [2.45, 2.75) is 19.2 Å². The first-order chi connectivity index (χ1) is 6.22. The summed E-state index contributed by atoms with van der Waals surface area (Å²) in [7, 11) is 0. The van der Waals surface area contributed by atoms with Crippen molar-refractivity contribution in [3.63, 3.8) is 0 Å². The summed E-state index contributed by atoms with van der Waals surface area (Å²) in [5, 5.41) is 0. The molecule has 0 N–H and O–H groups in total. The molecule has 0 amide bonds. The number of hydrogen-bond acceptors (Lipinski definition) is 2. The standard InChI is InChI=1S/C10H13BOS/c1-8(12)7-13-10-5-3-9(11-2)4-6-10/h3,5-6,9H,2,4,7H2,1H3. The Morgan fingerprint density at radius 3 is 3.08 bits per heavy atom. The number of rotatable bonds is 4. The molecule has 1 nitrogen and oxygen atoms in total. The van der Waals surface area contributed by atoms with Gasteiger partial charge in [-0.1, -0.05) is 0 Å². The van der Waals surface area contributed by atoms with Crippen LogP contribution in [-0.4, -0.2) is 24.9 Å². The van der Waals surface area contributed by atoms with E-state index in [0.717, 1.165) is 6.42 Å². The summed E-state index contributed by atoms with van der Waals surface area (Å²) in [4.78, 5) is 11.9. The number of carbonyl (C=O) groups is 1. The van der Waals surface area contributed by atoms with Crippen LogP contribution in [0, 0.1) is 0 Å². The zero-order valence-electron chi connectivity index (χ0n) is 7.82. The van der Waals surface area contributed by atoms with Gasteiger partial charge >= 0.3 is 83.8 Å². The van der Waals surface area contributed by atoms with Crippen LogP contribution in [0.5, 0.6) is 0 Å². The van der Waals surface area contributed by atoms with Crippen molar-refractivity contribution in [1.82, 2.24) is 0 Å². The maximum absolute atomic E-state index is 10.7. The molecule has 3 heteroatoms. The van der Waals surface area contributed by atoms with Crippen molar-refractivity contribution >= 4 is 30.9 Å². The number of ketones is 1. The molecule has 0 aromatic rings. The number of Topliss-reactive ketones (excluding diaryl/α,β-unsaturated/α-hetero) is 1. The topological polar surface area (TPSA) is 17.1 Å². The molecule has 1 unspecified atom stereocenters. The van der Waals surface area contributed by atoms with Gasteiger partial charge in [-0.2, -0.15) is 0 Å². The fourth-order valence-electron chi connectivity index (χ4n) is 1.08. The molecule has 0 aromatic carbocycles. The van der Waals surface area contributed by atoms with E-state index < -0.39 is 0 Å². The van der Waals surface area contributed by atoms with Gasteiger partial charge in [0, 0.05) is 0 Å². The van der Waals surface area contributed by atoms with E-state index in [1.54, 1.807) is 18.7 Å². The van der Waals surface area contributed by atoms with Crippen LogP contribution in [0.15, 0.2) is 23.1 Å². The number of thioether (sulfide) groups is 1. The van der Waals surface area contributed by atoms with Gasteiger partial charge in [0.1, 0.15) is 0 Å². The normalized spacial score (nSPS) is 20.7. The Morgan fingerprint density at radius 2 is 2.62 bits per heavy atom. The molecule has 68 valence electrons. The summed E-state index contributed by atoms with van der Waals surface area (Å²) in [6.45, 7) is 7.30. The Morgan fingerprint density at radius 1 is 1.85 bits per heavy atom. The molecule has 1 rings (SSSR count). The molecule has 1 aliphatic carbocycles. The number of allylic oxidation sites excluding steroid dienone is 3. The minimum absolute atomic E-state index is 0.227. The number of carbonyl (C=O) groups excluding carboxylic acids is 1. The van der Waals surface area contributed by atoms with Gasteiger partial charge in [0.2, 0.25) is 0 Å². The minimum atomic E-state index is 0.227. The van der Waals surface area contributed by atoms with E-state index in [9.17, 15) is 4.79 Å². The van der Waals surface area contributed by atoms with Gasteiger partial charge in [-0.15, -0.1) is 0 Å². The summed E-state index contributed by atoms with van der Waals surface area (Å²) in [5.41, 5.74) is 0. The van der Waals surface area contributed by atoms with E-state index in [4.69, 9.17) is 0 Å². The van der Waals surface area contributed by atoms with Crippen LogP contribution in [-0.2, 0) is 4.79 Å². The Balaban J connectivity index is 2.39. The van der Waals surface area contributed by atoms with Gasteiger partial charge in [-0.3, -0.25) is 0 Å². The Kier molecular flexibility index (Phi) is 4.23. The van der Waals surface area contributed by atoms with Crippen LogP contribution in [0.3, 0.4) is 0 Å². The van der Waals surface area contributed by atoms with Crippen LogP contribution in [0.2, 0.25) is 5.82 Å². The van der Waals surface area contributed by atoms with Crippen molar-refractivity contribution in [3.8, 4) is 0 Å². The second-order valence-corrected chi connectivity index (χ2v) is 4.14. The maximum atomic E-state index is 10.7. The van der Waals surface area contributed by atoms with Gasteiger partial charge in [-0.25, -0.2) is 0 Å². The van der Waals surface area contributed by atoms with Gasteiger partial charge in [0.15, 0.2) is 0 Å².